The SMILES string of the molecule is Cc1ccc(C)c(O[C@@H]2COC[C@H]2O)c1. The number of ether oxygens (including phenoxy) is 2. The number of aryl methyl sites for hydroxylation is 2. The average Bonchev–Trinajstić information content (AvgIpc) is 2.58. The predicted octanol–water partition coefficient (Wildman–Crippen LogP) is 1.44. The minimum absolute atomic E-state index is 0.231. The van der Waals surface area contributed by atoms with E-state index >= 15 is 0 Å². The van der Waals surface area contributed by atoms with Crippen LogP contribution in [0.4, 0.5) is 0 Å². The van der Waals surface area contributed by atoms with Crippen LogP contribution in [0.3, 0.4) is 0 Å². The van der Waals surface area contributed by atoms with Crippen molar-refractivity contribution in [3.05, 3.63) is 29.3 Å². The summed E-state index contributed by atoms with van der Waals surface area (Å²) in [5.74, 6) is 0.838. The first kappa shape index (κ1) is 10.5. The van der Waals surface area contributed by atoms with Crippen molar-refractivity contribution in [3.63, 3.8) is 0 Å². The van der Waals surface area contributed by atoms with Crippen LogP contribution in [0.5, 0.6) is 5.75 Å². The van der Waals surface area contributed by atoms with Crippen molar-refractivity contribution in [2.24, 2.45) is 0 Å². The molecule has 1 saturated heterocycles. The molecular formula is C12H16O3. The first-order valence-electron chi connectivity index (χ1n) is 5.16. The Kier molecular flexibility index (Phi) is 2.93. The van der Waals surface area contributed by atoms with Gasteiger partial charge in [0.05, 0.1) is 13.2 Å². The molecule has 0 saturated carbocycles. The molecule has 0 radical (unpaired) electrons. The lowest BCUT2D eigenvalue weighted by atomic mass is 10.1. The van der Waals surface area contributed by atoms with Crippen LogP contribution in [0.25, 0.3) is 0 Å². The number of hydrogen-bond donors (Lipinski definition) is 1. The van der Waals surface area contributed by atoms with Crippen LogP contribution >= 0.6 is 0 Å². The van der Waals surface area contributed by atoms with E-state index in [2.05, 4.69) is 0 Å². The van der Waals surface area contributed by atoms with Crippen molar-refractivity contribution in [1.29, 1.82) is 0 Å². The second-order valence-corrected chi connectivity index (χ2v) is 4.03. The first-order chi connectivity index (χ1) is 7.16. The van der Waals surface area contributed by atoms with Gasteiger partial charge in [-0.3, -0.25) is 0 Å². The molecule has 1 aliphatic heterocycles. The van der Waals surface area contributed by atoms with Gasteiger partial charge in [0, 0.05) is 0 Å². The molecule has 0 bridgehead atoms. The Labute approximate surface area is 89.6 Å². The number of rotatable bonds is 2. The van der Waals surface area contributed by atoms with E-state index in [1.807, 2.05) is 32.0 Å². The molecule has 1 heterocycles. The van der Waals surface area contributed by atoms with Gasteiger partial charge >= 0.3 is 0 Å². The molecule has 1 fully saturated rings. The quantitative estimate of drug-likeness (QED) is 0.799. The highest BCUT2D eigenvalue weighted by Gasteiger charge is 2.28. The zero-order valence-corrected chi connectivity index (χ0v) is 9.06. The van der Waals surface area contributed by atoms with E-state index < -0.39 is 6.10 Å². The van der Waals surface area contributed by atoms with Gasteiger partial charge in [0.2, 0.25) is 0 Å². The molecule has 0 unspecified atom stereocenters. The summed E-state index contributed by atoms with van der Waals surface area (Å²) in [7, 11) is 0. The van der Waals surface area contributed by atoms with Gasteiger partial charge in [0.25, 0.3) is 0 Å². The highest BCUT2D eigenvalue weighted by atomic mass is 16.6. The van der Waals surface area contributed by atoms with Gasteiger partial charge in [-0.25, -0.2) is 0 Å². The number of aliphatic hydroxyl groups excluding tert-OH is 1. The number of aliphatic hydroxyl groups is 1. The maximum Gasteiger partial charge on any atom is 0.150 e. The van der Waals surface area contributed by atoms with E-state index in [-0.39, 0.29) is 6.10 Å². The molecule has 3 nitrogen and oxygen atoms in total. The lowest BCUT2D eigenvalue weighted by Gasteiger charge is -2.17. The van der Waals surface area contributed by atoms with Gasteiger partial charge in [-0.1, -0.05) is 12.1 Å². The summed E-state index contributed by atoms with van der Waals surface area (Å²) >= 11 is 0. The Hall–Kier alpha value is -1.06. The Morgan fingerprint density at radius 1 is 1.33 bits per heavy atom. The van der Waals surface area contributed by atoms with Crippen LogP contribution < -0.4 is 4.74 Å². The van der Waals surface area contributed by atoms with Crippen molar-refractivity contribution >= 4 is 0 Å². The van der Waals surface area contributed by atoms with E-state index in [9.17, 15) is 5.11 Å². The van der Waals surface area contributed by atoms with Crippen molar-refractivity contribution < 1.29 is 14.6 Å². The Bertz CT molecular complexity index is 349. The normalized spacial score (nSPS) is 25.5. The third-order valence-electron chi connectivity index (χ3n) is 2.62. The minimum atomic E-state index is -0.509. The van der Waals surface area contributed by atoms with Gasteiger partial charge in [-0.15, -0.1) is 0 Å². The summed E-state index contributed by atoms with van der Waals surface area (Å²) in [5, 5.41) is 9.56. The highest BCUT2D eigenvalue weighted by Crippen LogP contribution is 2.22. The third-order valence-corrected chi connectivity index (χ3v) is 2.62. The highest BCUT2D eigenvalue weighted by molar-refractivity contribution is 5.36. The fourth-order valence-electron chi connectivity index (χ4n) is 1.63. The van der Waals surface area contributed by atoms with Crippen LogP contribution in [-0.2, 0) is 4.74 Å². The molecule has 0 aliphatic carbocycles. The van der Waals surface area contributed by atoms with Crippen LogP contribution in [0.2, 0.25) is 0 Å². The molecule has 0 spiro atoms. The van der Waals surface area contributed by atoms with Crippen molar-refractivity contribution in [2.75, 3.05) is 13.2 Å². The molecule has 0 aromatic heterocycles. The molecule has 3 heteroatoms. The molecule has 15 heavy (non-hydrogen) atoms. The maximum absolute atomic E-state index is 9.56. The van der Waals surface area contributed by atoms with Crippen molar-refractivity contribution in [2.45, 2.75) is 26.1 Å². The van der Waals surface area contributed by atoms with Crippen molar-refractivity contribution in [1.82, 2.24) is 0 Å². The molecule has 82 valence electrons. The molecule has 2 rings (SSSR count). The fourth-order valence-corrected chi connectivity index (χ4v) is 1.63. The second-order valence-electron chi connectivity index (χ2n) is 4.03. The molecular weight excluding hydrogens is 192 g/mol. The largest absolute Gasteiger partial charge is 0.485 e. The third kappa shape index (κ3) is 2.30. The van der Waals surface area contributed by atoms with E-state index in [1.165, 1.54) is 0 Å². The van der Waals surface area contributed by atoms with Gasteiger partial charge in [-0.2, -0.15) is 0 Å². The summed E-state index contributed by atoms with van der Waals surface area (Å²) in [5.41, 5.74) is 2.24. The summed E-state index contributed by atoms with van der Waals surface area (Å²) in [6.45, 7) is 4.86. The Balaban J connectivity index is 2.12. The van der Waals surface area contributed by atoms with E-state index in [0.29, 0.717) is 13.2 Å². The smallest absolute Gasteiger partial charge is 0.150 e. The summed E-state index contributed by atoms with van der Waals surface area (Å²) in [4.78, 5) is 0. The van der Waals surface area contributed by atoms with Crippen LogP contribution in [0.15, 0.2) is 18.2 Å². The molecule has 0 amide bonds. The minimum Gasteiger partial charge on any atom is -0.485 e. The standard InChI is InChI=1S/C12H16O3/c1-8-3-4-9(2)11(5-8)15-12-7-14-6-10(12)13/h3-5,10,12-13H,6-7H2,1-2H3/t10-,12-/m1/s1. The van der Waals surface area contributed by atoms with Gasteiger partial charge in [-0.05, 0) is 31.0 Å². The second kappa shape index (κ2) is 4.21. The van der Waals surface area contributed by atoms with E-state index in [0.717, 1.165) is 16.9 Å². The summed E-state index contributed by atoms with van der Waals surface area (Å²) in [6, 6.07) is 6.05. The molecule has 1 aromatic carbocycles. The van der Waals surface area contributed by atoms with Crippen LogP contribution in [0, 0.1) is 13.8 Å². The van der Waals surface area contributed by atoms with Crippen LogP contribution in [-0.4, -0.2) is 30.5 Å². The molecule has 1 aliphatic rings. The fraction of sp³-hybridized carbons (Fsp3) is 0.500. The van der Waals surface area contributed by atoms with Crippen molar-refractivity contribution in [3.8, 4) is 5.75 Å². The van der Waals surface area contributed by atoms with Gasteiger partial charge < -0.3 is 14.6 Å². The van der Waals surface area contributed by atoms with E-state index in [1.54, 1.807) is 0 Å². The Morgan fingerprint density at radius 2 is 2.13 bits per heavy atom. The first-order valence-corrected chi connectivity index (χ1v) is 5.16. The zero-order chi connectivity index (χ0) is 10.8. The molecule has 2 atom stereocenters. The molecule has 1 N–H and O–H groups in total. The monoisotopic (exact) mass is 208 g/mol. The lowest BCUT2D eigenvalue weighted by Crippen LogP contribution is -2.29. The lowest BCUT2D eigenvalue weighted by molar-refractivity contribution is 0.0729. The zero-order valence-electron chi connectivity index (χ0n) is 9.06. The Morgan fingerprint density at radius 3 is 2.80 bits per heavy atom. The number of benzene rings is 1. The topological polar surface area (TPSA) is 38.7 Å². The van der Waals surface area contributed by atoms with Crippen LogP contribution in [0.1, 0.15) is 11.1 Å². The van der Waals surface area contributed by atoms with Gasteiger partial charge in [0.1, 0.15) is 18.0 Å². The maximum atomic E-state index is 9.56. The molecule has 1 aromatic rings. The number of hydrogen-bond acceptors (Lipinski definition) is 3. The van der Waals surface area contributed by atoms with Gasteiger partial charge in [0.15, 0.2) is 0 Å². The summed E-state index contributed by atoms with van der Waals surface area (Å²) < 4.78 is 10.9. The predicted molar refractivity (Wildman–Crippen MR) is 57.2 cm³/mol. The average molecular weight is 208 g/mol. The summed E-state index contributed by atoms with van der Waals surface area (Å²) in [6.07, 6.45) is -0.740. The van der Waals surface area contributed by atoms with E-state index in [4.69, 9.17) is 9.47 Å².